The van der Waals surface area contributed by atoms with Crippen molar-refractivity contribution in [3.8, 4) is 11.6 Å². The molecule has 0 radical (unpaired) electrons. The van der Waals surface area contributed by atoms with Crippen molar-refractivity contribution >= 4 is 27.7 Å². The number of rotatable bonds is 3. The summed E-state index contributed by atoms with van der Waals surface area (Å²) in [6, 6.07) is 6.15. The van der Waals surface area contributed by atoms with Crippen LogP contribution in [0.4, 0.5) is 4.39 Å². The summed E-state index contributed by atoms with van der Waals surface area (Å²) in [6.45, 7) is 0. The molecule has 0 fully saturated rings. The van der Waals surface area contributed by atoms with E-state index >= 15 is 0 Å². The lowest BCUT2D eigenvalue weighted by Gasteiger charge is -2.05. The molecule has 1 heterocycles. The molecule has 0 spiro atoms. The van der Waals surface area contributed by atoms with Gasteiger partial charge in [-0.25, -0.2) is 14.4 Å². The van der Waals surface area contributed by atoms with Gasteiger partial charge in [0.25, 0.3) is 0 Å². The van der Waals surface area contributed by atoms with Gasteiger partial charge in [-0.15, -0.1) is 11.8 Å². The molecule has 0 N–H and O–H groups in total. The van der Waals surface area contributed by atoms with Crippen LogP contribution < -0.4 is 4.74 Å². The summed E-state index contributed by atoms with van der Waals surface area (Å²) in [7, 11) is 0. The summed E-state index contributed by atoms with van der Waals surface area (Å²) in [5.41, 5.74) is 0. The Balaban J connectivity index is 2.22. The van der Waals surface area contributed by atoms with Gasteiger partial charge in [-0.2, -0.15) is 0 Å². The molecule has 1 aromatic carbocycles. The van der Waals surface area contributed by atoms with E-state index in [1.165, 1.54) is 24.2 Å². The van der Waals surface area contributed by atoms with Crippen LogP contribution in [-0.4, -0.2) is 16.2 Å². The average molecular weight is 315 g/mol. The van der Waals surface area contributed by atoms with Gasteiger partial charge < -0.3 is 4.74 Å². The van der Waals surface area contributed by atoms with Crippen molar-refractivity contribution in [2.45, 2.75) is 5.03 Å². The zero-order chi connectivity index (χ0) is 12.3. The van der Waals surface area contributed by atoms with Crippen molar-refractivity contribution in [1.29, 1.82) is 0 Å². The van der Waals surface area contributed by atoms with Crippen molar-refractivity contribution < 1.29 is 9.13 Å². The van der Waals surface area contributed by atoms with Gasteiger partial charge in [0.05, 0.1) is 4.47 Å². The molecule has 2 aromatic rings. The number of nitrogens with zero attached hydrogens (tertiary/aromatic N) is 2. The highest BCUT2D eigenvalue weighted by Crippen LogP contribution is 2.26. The first-order valence-electron chi connectivity index (χ1n) is 4.68. The van der Waals surface area contributed by atoms with E-state index in [0.29, 0.717) is 16.1 Å². The standard InChI is InChI=1S/C11H8BrFN2OS/c1-17-11-5-10(14-6-15-11)16-7-2-3-9(13)8(12)4-7/h2-6H,1H3. The van der Waals surface area contributed by atoms with Gasteiger partial charge in [-0.05, 0) is 40.4 Å². The molecule has 2 rings (SSSR count). The summed E-state index contributed by atoms with van der Waals surface area (Å²) < 4.78 is 18.9. The number of hydrogen-bond donors (Lipinski definition) is 0. The topological polar surface area (TPSA) is 35.0 Å². The van der Waals surface area contributed by atoms with Crippen LogP contribution in [0.1, 0.15) is 0 Å². The average Bonchev–Trinajstić information content (AvgIpc) is 2.34. The summed E-state index contributed by atoms with van der Waals surface area (Å²) in [4.78, 5) is 8.01. The van der Waals surface area contributed by atoms with Crippen molar-refractivity contribution in [2.75, 3.05) is 6.26 Å². The largest absolute Gasteiger partial charge is 0.439 e. The fourth-order valence-electron chi connectivity index (χ4n) is 1.15. The van der Waals surface area contributed by atoms with Crippen LogP contribution in [0, 0.1) is 5.82 Å². The molecule has 0 unspecified atom stereocenters. The molecule has 1 aromatic heterocycles. The van der Waals surface area contributed by atoms with Crippen LogP contribution in [0.3, 0.4) is 0 Å². The molecule has 0 bridgehead atoms. The minimum absolute atomic E-state index is 0.329. The molecule has 0 saturated carbocycles. The zero-order valence-corrected chi connectivity index (χ0v) is 11.3. The molecule has 0 aliphatic heterocycles. The molecule has 3 nitrogen and oxygen atoms in total. The Morgan fingerprint density at radius 3 is 2.82 bits per heavy atom. The Hall–Kier alpha value is -1.14. The van der Waals surface area contributed by atoms with Crippen LogP contribution in [0.2, 0.25) is 0 Å². The lowest BCUT2D eigenvalue weighted by molar-refractivity contribution is 0.457. The molecule has 6 heteroatoms. The first kappa shape index (κ1) is 12.3. The van der Waals surface area contributed by atoms with E-state index in [4.69, 9.17) is 4.74 Å². The number of hydrogen-bond acceptors (Lipinski definition) is 4. The minimum atomic E-state index is -0.329. The predicted octanol–water partition coefficient (Wildman–Crippen LogP) is 3.89. The second-order valence-corrected chi connectivity index (χ2v) is 4.76. The molecular weight excluding hydrogens is 307 g/mol. The summed E-state index contributed by atoms with van der Waals surface area (Å²) in [6.07, 6.45) is 3.35. The fraction of sp³-hybridized carbons (Fsp3) is 0.0909. The second kappa shape index (κ2) is 5.46. The third-order valence-corrected chi connectivity index (χ3v) is 3.19. The van der Waals surface area contributed by atoms with Crippen LogP contribution in [0.15, 0.2) is 40.1 Å². The number of benzene rings is 1. The zero-order valence-electron chi connectivity index (χ0n) is 8.85. The molecule has 17 heavy (non-hydrogen) atoms. The van der Waals surface area contributed by atoms with Crippen molar-refractivity contribution in [2.24, 2.45) is 0 Å². The van der Waals surface area contributed by atoms with Gasteiger partial charge >= 0.3 is 0 Å². The highest BCUT2D eigenvalue weighted by molar-refractivity contribution is 9.10. The van der Waals surface area contributed by atoms with E-state index in [-0.39, 0.29) is 5.82 Å². The van der Waals surface area contributed by atoms with Gasteiger partial charge in [0.2, 0.25) is 5.88 Å². The Morgan fingerprint density at radius 1 is 1.29 bits per heavy atom. The van der Waals surface area contributed by atoms with Gasteiger partial charge in [0.1, 0.15) is 22.9 Å². The maximum atomic E-state index is 13.0. The van der Waals surface area contributed by atoms with Crippen molar-refractivity contribution in [3.05, 3.63) is 40.9 Å². The van der Waals surface area contributed by atoms with Crippen LogP contribution in [-0.2, 0) is 0 Å². The lowest BCUT2D eigenvalue weighted by Crippen LogP contribution is -1.90. The summed E-state index contributed by atoms with van der Waals surface area (Å²) >= 11 is 4.59. The Morgan fingerprint density at radius 2 is 2.12 bits per heavy atom. The van der Waals surface area contributed by atoms with Crippen molar-refractivity contribution in [3.63, 3.8) is 0 Å². The van der Waals surface area contributed by atoms with Gasteiger partial charge in [-0.1, -0.05) is 0 Å². The van der Waals surface area contributed by atoms with E-state index in [9.17, 15) is 4.39 Å². The summed E-state index contributed by atoms with van der Waals surface area (Å²) in [5, 5.41) is 0.816. The molecule has 88 valence electrons. The number of aromatic nitrogens is 2. The molecule has 0 aliphatic carbocycles. The third kappa shape index (κ3) is 3.17. The maximum absolute atomic E-state index is 13.0. The van der Waals surface area contributed by atoms with Gasteiger partial charge in [-0.3, -0.25) is 0 Å². The number of ether oxygens (including phenoxy) is 1. The highest BCUT2D eigenvalue weighted by Gasteiger charge is 2.04. The first-order valence-corrected chi connectivity index (χ1v) is 6.70. The minimum Gasteiger partial charge on any atom is -0.439 e. The van der Waals surface area contributed by atoms with E-state index < -0.39 is 0 Å². The quantitative estimate of drug-likeness (QED) is 0.636. The van der Waals surface area contributed by atoms with Gasteiger partial charge in [0, 0.05) is 6.07 Å². The van der Waals surface area contributed by atoms with E-state index in [1.54, 1.807) is 18.2 Å². The molecule has 0 atom stereocenters. The van der Waals surface area contributed by atoms with E-state index in [1.807, 2.05) is 6.26 Å². The van der Waals surface area contributed by atoms with Crippen LogP contribution in [0.25, 0.3) is 0 Å². The van der Waals surface area contributed by atoms with Crippen molar-refractivity contribution in [1.82, 2.24) is 9.97 Å². The Labute approximate surface area is 111 Å². The SMILES string of the molecule is CSc1cc(Oc2ccc(F)c(Br)c2)ncn1. The normalized spacial score (nSPS) is 10.3. The molecule has 0 saturated heterocycles. The van der Waals surface area contributed by atoms with Gasteiger partial charge in [0.15, 0.2) is 0 Å². The Bertz CT molecular complexity index is 539. The third-order valence-electron chi connectivity index (χ3n) is 1.94. The van der Waals surface area contributed by atoms with Crippen LogP contribution in [0.5, 0.6) is 11.6 Å². The van der Waals surface area contributed by atoms with E-state index in [2.05, 4.69) is 25.9 Å². The smallest absolute Gasteiger partial charge is 0.223 e. The second-order valence-electron chi connectivity index (χ2n) is 3.08. The first-order chi connectivity index (χ1) is 8.19. The maximum Gasteiger partial charge on any atom is 0.223 e. The predicted molar refractivity (Wildman–Crippen MR) is 68.0 cm³/mol. The lowest BCUT2D eigenvalue weighted by atomic mass is 10.3. The highest BCUT2D eigenvalue weighted by atomic mass is 79.9. The molecule has 0 amide bonds. The number of thioether (sulfide) groups is 1. The fourth-order valence-corrected chi connectivity index (χ4v) is 1.88. The van der Waals surface area contributed by atoms with Crippen LogP contribution >= 0.6 is 27.7 Å². The Kier molecular flexibility index (Phi) is 3.96. The molecular formula is C11H8BrFN2OS. The van der Waals surface area contributed by atoms with E-state index in [0.717, 1.165) is 5.03 Å². The molecule has 0 aliphatic rings. The monoisotopic (exact) mass is 314 g/mol. The number of halogens is 2. The summed E-state index contributed by atoms with van der Waals surface area (Å²) in [5.74, 6) is 0.622.